The van der Waals surface area contributed by atoms with Crippen LogP contribution in [0.1, 0.15) is 12.0 Å². The Morgan fingerprint density at radius 3 is 2.67 bits per heavy atom. The minimum absolute atomic E-state index is 0.0287. The van der Waals surface area contributed by atoms with E-state index in [1.54, 1.807) is 0 Å². The maximum absolute atomic E-state index is 12.6. The number of anilines is 1. The van der Waals surface area contributed by atoms with Crippen LogP contribution in [0.5, 0.6) is 0 Å². The molecule has 0 aromatic carbocycles. The number of carbonyl (C=O) groups is 1. The summed E-state index contributed by atoms with van der Waals surface area (Å²) in [5, 5.41) is 0. The Labute approximate surface area is 123 Å². The number of nitrogens with zero attached hydrogens (tertiary/aromatic N) is 2. The molecular weight excluding hydrogens is 333 g/mol. The molecule has 5 nitrogen and oxygen atoms in total. The zero-order chi connectivity index (χ0) is 15.8. The molecule has 10 heteroatoms. The van der Waals surface area contributed by atoms with Gasteiger partial charge in [-0.1, -0.05) is 0 Å². The Morgan fingerprint density at radius 1 is 1.43 bits per heavy atom. The van der Waals surface area contributed by atoms with E-state index in [-0.39, 0.29) is 18.8 Å². The molecule has 0 saturated carbocycles. The van der Waals surface area contributed by atoms with Crippen molar-refractivity contribution in [2.45, 2.75) is 12.6 Å². The molecular formula is C11H10ClF3N2O3S. The summed E-state index contributed by atoms with van der Waals surface area (Å²) >= 11 is 0. The van der Waals surface area contributed by atoms with E-state index < -0.39 is 38.4 Å². The van der Waals surface area contributed by atoms with Gasteiger partial charge in [0.05, 0.1) is 11.3 Å². The van der Waals surface area contributed by atoms with Crippen molar-refractivity contribution in [3.63, 3.8) is 0 Å². The third kappa shape index (κ3) is 4.07. The highest BCUT2D eigenvalue weighted by atomic mass is 35.7. The summed E-state index contributed by atoms with van der Waals surface area (Å²) in [6.07, 6.45) is -3.68. The molecule has 1 amide bonds. The Morgan fingerprint density at radius 2 is 2.10 bits per heavy atom. The van der Waals surface area contributed by atoms with E-state index in [4.69, 9.17) is 10.7 Å². The predicted octanol–water partition coefficient (Wildman–Crippen LogP) is 2.02. The predicted molar refractivity (Wildman–Crippen MR) is 69.3 cm³/mol. The van der Waals surface area contributed by atoms with E-state index in [0.717, 1.165) is 23.2 Å². The fraction of sp³-hybridized carbons (Fsp3) is 0.455. The fourth-order valence-electron chi connectivity index (χ4n) is 2.14. The van der Waals surface area contributed by atoms with Gasteiger partial charge in [-0.05, 0) is 12.1 Å². The SMILES string of the molecule is O=C1CC(CS(=O)(=O)Cl)CN1c1cc(C(F)(F)F)ccn1. The number of alkyl halides is 3. The van der Waals surface area contributed by atoms with Crippen LogP contribution in [0.4, 0.5) is 19.0 Å². The van der Waals surface area contributed by atoms with Crippen molar-refractivity contribution >= 4 is 31.5 Å². The largest absolute Gasteiger partial charge is 0.416 e. The second-order valence-corrected chi connectivity index (χ2v) is 7.50. The van der Waals surface area contributed by atoms with Crippen LogP contribution in [0, 0.1) is 5.92 Å². The summed E-state index contributed by atoms with van der Waals surface area (Å²) in [6.45, 7) is -0.0287. The summed E-state index contributed by atoms with van der Waals surface area (Å²) in [6, 6.07) is 1.56. The maximum atomic E-state index is 12.6. The van der Waals surface area contributed by atoms with Crippen molar-refractivity contribution in [1.29, 1.82) is 0 Å². The monoisotopic (exact) mass is 342 g/mol. The van der Waals surface area contributed by atoms with Gasteiger partial charge in [-0.25, -0.2) is 13.4 Å². The fourth-order valence-corrected chi connectivity index (χ4v) is 3.46. The first-order valence-electron chi connectivity index (χ1n) is 5.82. The van der Waals surface area contributed by atoms with E-state index in [9.17, 15) is 26.4 Å². The van der Waals surface area contributed by atoms with Gasteiger partial charge in [0, 0.05) is 35.8 Å². The van der Waals surface area contributed by atoms with Crippen LogP contribution in [-0.2, 0) is 20.0 Å². The zero-order valence-electron chi connectivity index (χ0n) is 10.5. The molecule has 1 fully saturated rings. The number of hydrogen-bond acceptors (Lipinski definition) is 4. The van der Waals surface area contributed by atoms with Crippen LogP contribution in [0.3, 0.4) is 0 Å². The van der Waals surface area contributed by atoms with E-state index in [1.165, 1.54) is 0 Å². The van der Waals surface area contributed by atoms with E-state index in [0.29, 0.717) is 0 Å². The lowest BCUT2D eigenvalue weighted by Crippen LogP contribution is -2.26. The molecule has 2 heterocycles. The lowest BCUT2D eigenvalue weighted by molar-refractivity contribution is -0.137. The van der Waals surface area contributed by atoms with Gasteiger partial charge in [0.1, 0.15) is 5.82 Å². The number of amides is 1. The molecule has 0 spiro atoms. The molecule has 0 radical (unpaired) electrons. The molecule has 0 aliphatic carbocycles. The Bertz CT molecular complexity index is 663. The quantitative estimate of drug-likeness (QED) is 0.788. The Balaban J connectivity index is 2.21. The van der Waals surface area contributed by atoms with Crippen molar-refractivity contribution in [2.24, 2.45) is 5.92 Å². The van der Waals surface area contributed by atoms with Crippen molar-refractivity contribution in [1.82, 2.24) is 4.98 Å². The van der Waals surface area contributed by atoms with Crippen LogP contribution in [0.2, 0.25) is 0 Å². The zero-order valence-corrected chi connectivity index (χ0v) is 12.0. The van der Waals surface area contributed by atoms with Crippen LogP contribution in [0.15, 0.2) is 18.3 Å². The first kappa shape index (κ1) is 16.0. The lowest BCUT2D eigenvalue weighted by atomic mass is 10.1. The van der Waals surface area contributed by atoms with Crippen molar-refractivity contribution in [3.8, 4) is 0 Å². The standard InChI is InChI=1S/C11H10ClF3N2O3S/c12-21(19,20)6-7-3-10(18)17(5-7)9-4-8(1-2-16-9)11(13,14)15/h1-2,4,7H,3,5-6H2. The molecule has 1 atom stereocenters. The number of hydrogen-bond donors (Lipinski definition) is 0. The minimum Gasteiger partial charge on any atom is -0.296 e. The van der Waals surface area contributed by atoms with E-state index in [2.05, 4.69) is 4.98 Å². The van der Waals surface area contributed by atoms with Crippen molar-refractivity contribution in [2.75, 3.05) is 17.2 Å². The Kier molecular flexibility index (Phi) is 4.16. The molecule has 1 aromatic heterocycles. The van der Waals surface area contributed by atoms with Gasteiger partial charge in [0.2, 0.25) is 15.0 Å². The maximum Gasteiger partial charge on any atom is 0.416 e. The molecule has 116 valence electrons. The third-order valence-electron chi connectivity index (χ3n) is 2.99. The van der Waals surface area contributed by atoms with Crippen molar-refractivity contribution < 1.29 is 26.4 Å². The highest BCUT2D eigenvalue weighted by molar-refractivity contribution is 8.13. The highest BCUT2D eigenvalue weighted by Crippen LogP contribution is 2.32. The molecule has 1 unspecified atom stereocenters. The van der Waals surface area contributed by atoms with Gasteiger partial charge >= 0.3 is 6.18 Å². The minimum atomic E-state index is -4.54. The molecule has 1 aliphatic rings. The van der Waals surface area contributed by atoms with Gasteiger partial charge in [-0.3, -0.25) is 9.69 Å². The summed E-state index contributed by atoms with van der Waals surface area (Å²) in [4.78, 5) is 16.6. The normalized spacial score (nSPS) is 20.1. The summed E-state index contributed by atoms with van der Waals surface area (Å²) in [5.41, 5.74) is -0.922. The topological polar surface area (TPSA) is 67.3 Å². The van der Waals surface area contributed by atoms with Crippen LogP contribution < -0.4 is 4.90 Å². The number of aromatic nitrogens is 1. The Hall–Kier alpha value is -1.35. The van der Waals surface area contributed by atoms with Crippen LogP contribution in [0.25, 0.3) is 0 Å². The number of rotatable bonds is 3. The number of halogens is 4. The summed E-state index contributed by atoms with van der Waals surface area (Å²) in [5.74, 6) is -1.59. The molecule has 0 bridgehead atoms. The average molecular weight is 343 g/mol. The number of carbonyl (C=O) groups excluding carboxylic acids is 1. The molecule has 1 aromatic rings. The van der Waals surface area contributed by atoms with E-state index in [1.807, 2.05) is 0 Å². The first-order valence-corrected chi connectivity index (χ1v) is 8.30. The molecule has 21 heavy (non-hydrogen) atoms. The van der Waals surface area contributed by atoms with Gasteiger partial charge < -0.3 is 0 Å². The van der Waals surface area contributed by atoms with Gasteiger partial charge in [0.25, 0.3) is 0 Å². The number of pyridine rings is 1. The van der Waals surface area contributed by atoms with Crippen LogP contribution in [-0.4, -0.2) is 31.6 Å². The van der Waals surface area contributed by atoms with Gasteiger partial charge in [-0.15, -0.1) is 0 Å². The molecule has 2 rings (SSSR count). The van der Waals surface area contributed by atoms with E-state index >= 15 is 0 Å². The molecule has 0 N–H and O–H groups in total. The highest BCUT2D eigenvalue weighted by Gasteiger charge is 2.36. The lowest BCUT2D eigenvalue weighted by Gasteiger charge is -2.16. The summed E-state index contributed by atoms with van der Waals surface area (Å²) in [7, 11) is 1.34. The van der Waals surface area contributed by atoms with Crippen LogP contribution >= 0.6 is 10.7 Å². The molecule has 1 aliphatic heterocycles. The third-order valence-corrected chi connectivity index (χ3v) is 4.24. The second kappa shape index (κ2) is 5.45. The van der Waals surface area contributed by atoms with Gasteiger partial charge in [0.15, 0.2) is 0 Å². The smallest absolute Gasteiger partial charge is 0.296 e. The van der Waals surface area contributed by atoms with Gasteiger partial charge in [-0.2, -0.15) is 13.2 Å². The second-order valence-electron chi connectivity index (χ2n) is 4.68. The first-order chi connectivity index (χ1) is 9.56. The van der Waals surface area contributed by atoms with Crippen molar-refractivity contribution in [3.05, 3.63) is 23.9 Å². The molecule has 1 saturated heterocycles. The summed E-state index contributed by atoms with van der Waals surface area (Å²) < 4.78 is 59.9. The average Bonchev–Trinajstić information content (AvgIpc) is 2.67.